The number of nitrogens with zero attached hydrogens (tertiary/aromatic N) is 2. The van der Waals surface area contributed by atoms with Gasteiger partial charge in [0, 0.05) is 38.7 Å². The minimum Gasteiger partial charge on any atom is -0.495 e. The molecule has 0 radical (unpaired) electrons. The Kier molecular flexibility index (Phi) is 8.06. The Morgan fingerprint density at radius 3 is 2.74 bits per heavy atom. The van der Waals surface area contributed by atoms with Crippen molar-refractivity contribution >= 4 is 33.0 Å². The van der Waals surface area contributed by atoms with Crippen molar-refractivity contribution in [1.29, 1.82) is 0 Å². The number of carbonyl (C=O) groups is 1. The summed E-state index contributed by atoms with van der Waals surface area (Å²) in [6.07, 6.45) is 2.14. The lowest BCUT2D eigenvalue weighted by molar-refractivity contribution is -0.117. The van der Waals surface area contributed by atoms with Gasteiger partial charge in [-0.1, -0.05) is 6.07 Å². The Labute approximate surface area is 187 Å². The van der Waals surface area contributed by atoms with Gasteiger partial charge < -0.3 is 14.8 Å². The fraction of sp³-hybridized carbons (Fsp3) is 0.476. The molecule has 0 aliphatic carbocycles. The predicted octanol–water partition coefficient (Wildman–Crippen LogP) is 2.63. The van der Waals surface area contributed by atoms with Gasteiger partial charge in [-0.05, 0) is 42.5 Å². The summed E-state index contributed by atoms with van der Waals surface area (Å²) in [4.78, 5) is 16.2. The average Bonchev–Trinajstić information content (AvgIpc) is 3.42. The van der Waals surface area contributed by atoms with Crippen LogP contribution in [0.2, 0.25) is 0 Å². The molecule has 1 atom stereocenters. The number of thiophene rings is 1. The summed E-state index contributed by atoms with van der Waals surface area (Å²) in [5.74, 6) is 0.155. The highest BCUT2D eigenvalue weighted by atomic mass is 32.2. The zero-order valence-corrected chi connectivity index (χ0v) is 19.7. The Balaban J connectivity index is 1.74. The number of amides is 1. The number of rotatable bonds is 10. The van der Waals surface area contributed by atoms with Crippen LogP contribution >= 0.6 is 11.3 Å². The minimum atomic E-state index is -3.63. The molecule has 2 heterocycles. The van der Waals surface area contributed by atoms with Crippen LogP contribution in [0.3, 0.4) is 0 Å². The third-order valence-corrected chi connectivity index (χ3v) is 7.71. The maximum Gasteiger partial charge on any atom is 0.242 e. The Bertz CT molecular complexity index is 971. The largest absolute Gasteiger partial charge is 0.495 e. The maximum atomic E-state index is 12.9. The lowest BCUT2D eigenvalue weighted by Gasteiger charge is -2.24. The number of sulfonamides is 1. The second-order valence-electron chi connectivity index (χ2n) is 7.58. The third kappa shape index (κ3) is 6.27. The van der Waals surface area contributed by atoms with E-state index in [1.807, 2.05) is 17.5 Å². The molecule has 1 N–H and O–H groups in total. The third-order valence-electron chi connectivity index (χ3n) is 5.04. The molecule has 1 saturated heterocycles. The number of benzene rings is 1. The van der Waals surface area contributed by atoms with E-state index >= 15 is 0 Å². The van der Waals surface area contributed by atoms with Crippen LogP contribution in [-0.4, -0.2) is 70.5 Å². The average molecular weight is 468 g/mol. The molecule has 31 heavy (non-hydrogen) atoms. The molecule has 1 aliphatic rings. The van der Waals surface area contributed by atoms with Crippen LogP contribution in [-0.2, 0) is 26.1 Å². The molecule has 8 nitrogen and oxygen atoms in total. The quantitative estimate of drug-likeness (QED) is 0.578. The molecule has 1 fully saturated rings. The van der Waals surface area contributed by atoms with Crippen molar-refractivity contribution < 1.29 is 22.7 Å². The van der Waals surface area contributed by atoms with Crippen molar-refractivity contribution in [3.8, 4) is 5.75 Å². The van der Waals surface area contributed by atoms with Gasteiger partial charge in [-0.2, -0.15) is 0 Å². The van der Waals surface area contributed by atoms with Gasteiger partial charge in [-0.25, -0.2) is 12.7 Å². The lowest BCUT2D eigenvalue weighted by atomic mass is 10.2. The van der Waals surface area contributed by atoms with Crippen molar-refractivity contribution in [2.45, 2.75) is 30.4 Å². The van der Waals surface area contributed by atoms with E-state index in [0.29, 0.717) is 24.5 Å². The normalized spacial score (nSPS) is 16.7. The maximum absolute atomic E-state index is 12.9. The van der Waals surface area contributed by atoms with Gasteiger partial charge in [0.05, 0.1) is 30.3 Å². The highest BCUT2D eigenvalue weighted by Crippen LogP contribution is 2.28. The summed E-state index contributed by atoms with van der Waals surface area (Å²) in [6.45, 7) is 2.23. The van der Waals surface area contributed by atoms with Gasteiger partial charge >= 0.3 is 0 Å². The van der Waals surface area contributed by atoms with Crippen LogP contribution in [0.15, 0.2) is 40.6 Å². The molecule has 0 spiro atoms. The molecule has 170 valence electrons. The smallest absolute Gasteiger partial charge is 0.242 e. The predicted molar refractivity (Wildman–Crippen MR) is 121 cm³/mol. The van der Waals surface area contributed by atoms with E-state index in [4.69, 9.17) is 9.47 Å². The number of hydrogen-bond acceptors (Lipinski definition) is 7. The Hall–Kier alpha value is -1.98. The van der Waals surface area contributed by atoms with E-state index in [2.05, 4.69) is 10.2 Å². The summed E-state index contributed by atoms with van der Waals surface area (Å²) in [5, 5.41) is 4.84. The van der Waals surface area contributed by atoms with E-state index in [0.717, 1.165) is 23.8 Å². The number of methoxy groups -OCH3 is 1. The summed E-state index contributed by atoms with van der Waals surface area (Å²) in [5.41, 5.74) is 0.323. The first-order valence-electron chi connectivity index (χ1n) is 10.1. The molecule has 0 saturated carbocycles. The van der Waals surface area contributed by atoms with Crippen molar-refractivity contribution in [3.05, 3.63) is 40.6 Å². The standard InChI is InChI=1S/C21H29N3O5S2/c1-23(2)31(26,27)18-8-9-20(28-3)19(12-18)22-21(25)15-24(13-16-6-4-10-29-16)14-17-7-5-11-30-17/h5,7-9,11-12,16H,4,6,10,13-15H2,1-3H3,(H,22,25). The van der Waals surface area contributed by atoms with Crippen molar-refractivity contribution in [3.63, 3.8) is 0 Å². The number of carbonyl (C=O) groups excluding carboxylic acids is 1. The summed E-state index contributed by atoms with van der Waals surface area (Å²) >= 11 is 1.65. The molecule has 0 bridgehead atoms. The van der Waals surface area contributed by atoms with Crippen LogP contribution in [0.4, 0.5) is 5.69 Å². The van der Waals surface area contributed by atoms with Crippen LogP contribution in [0.25, 0.3) is 0 Å². The Morgan fingerprint density at radius 1 is 1.32 bits per heavy atom. The highest BCUT2D eigenvalue weighted by Gasteiger charge is 2.23. The van der Waals surface area contributed by atoms with Crippen LogP contribution in [0.5, 0.6) is 5.75 Å². The first-order chi connectivity index (χ1) is 14.8. The fourth-order valence-corrected chi connectivity index (χ4v) is 5.11. The molecule has 1 amide bonds. The van der Waals surface area contributed by atoms with E-state index in [-0.39, 0.29) is 23.5 Å². The van der Waals surface area contributed by atoms with Crippen LogP contribution < -0.4 is 10.1 Å². The Morgan fingerprint density at radius 2 is 2.13 bits per heavy atom. The topological polar surface area (TPSA) is 88.2 Å². The van der Waals surface area contributed by atoms with E-state index < -0.39 is 10.0 Å². The summed E-state index contributed by atoms with van der Waals surface area (Å²) < 4.78 is 37.1. The molecule has 1 unspecified atom stereocenters. The van der Waals surface area contributed by atoms with Gasteiger partial charge in [-0.3, -0.25) is 9.69 Å². The first kappa shape index (κ1) is 23.7. The van der Waals surface area contributed by atoms with Gasteiger partial charge in [-0.15, -0.1) is 11.3 Å². The molecular weight excluding hydrogens is 438 g/mol. The van der Waals surface area contributed by atoms with Gasteiger partial charge in [0.25, 0.3) is 0 Å². The lowest BCUT2D eigenvalue weighted by Crippen LogP contribution is -2.37. The minimum absolute atomic E-state index is 0.0865. The first-order valence-corrected chi connectivity index (χ1v) is 12.4. The fourth-order valence-electron chi connectivity index (χ4n) is 3.43. The van der Waals surface area contributed by atoms with E-state index in [1.165, 1.54) is 38.2 Å². The van der Waals surface area contributed by atoms with Crippen LogP contribution in [0.1, 0.15) is 17.7 Å². The van der Waals surface area contributed by atoms with Gasteiger partial charge in [0.2, 0.25) is 15.9 Å². The molecule has 1 aliphatic heterocycles. The SMILES string of the molecule is COc1ccc(S(=O)(=O)N(C)C)cc1NC(=O)CN(Cc1cccs1)CC1CCCO1. The second kappa shape index (κ2) is 10.6. The molecule has 10 heteroatoms. The van der Waals surface area contributed by atoms with Crippen molar-refractivity contribution in [2.24, 2.45) is 0 Å². The zero-order chi connectivity index (χ0) is 22.4. The number of ether oxygens (including phenoxy) is 2. The van der Waals surface area contributed by atoms with Crippen molar-refractivity contribution in [1.82, 2.24) is 9.21 Å². The molecule has 2 aromatic rings. The molecule has 1 aromatic carbocycles. The summed E-state index contributed by atoms with van der Waals surface area (Å²) in [6, 6.07) is 8.47. The van der Waals surface area contributed by atoms with Crippen LogP contribution in [0, 0.1) is 0 Å². The van der Waals surface area contributed by atoms with Gasteiger partial charge in [0.15, 0.2) is 0 Å². The van der Waals surface area contributed by atoms with E-state index in [9.17, 15) is 13.2 Å². The second-order valence-corrected chi connectivity index (χ2v) is 10.8. The molecule has 1 aromatic heterocycles. The van der Waals surface area contributed by atoms with Crippen molar-refractivity contribution in [2.75, 3.05) is 46.2 Å². The number of anilines is 1. The number of hydrogen-bond donors (Lipinski definition) is 1. The monoisotopic (exact) mass is 467 g/mol. The molecular formula is C21H29N3O5S2. The number of nitrogens with one attached hydrogen (secondary N) is 1. The van der Waals surface area contributed by atoms with Gasteiger partial charge in [0.1, 0.15) is 5.75 Å². The highest BCUT2D eigenvalue weighted by molar-refractivity contribution is 7.89. The van der Waals surface area contributed by atoms with E-state index in [1.54, 1.807) is 17.4 Å². The summed E-state index contributed by atoms with van der Waals surface area (Å²) in [7, 11) is 0.773. The molecule has 3 rings (SSSR count). The zero-order valence-electron chi connectivity index (χ0n) is 18.0.